The normalized spacial score (nSPS) is 14.6. The van der Waals surface area contributed by atoms with E-state index in [1.54, 1.807) is 37.4 Å². The lowest BCUT2D eigenvalue weighted by Crippen LogP contribution is -2.33. The zero-order chi connectivity index (χ0) is 15.9. The smallest absolute Gasteiger partial charge is 0.240 e. The van der Waals surface area contributed by atoms with Crippen molar-refractivity contribution >= 4 is 26.5 Å². The second-order valence-corrected chi connectivity index (χ2v) is 8.31. The van der Waals surface area contributed by atoms with Crippen LogP contribution in [0, 0.1) is 0 Å². The molecule has 0 aliphatic heterocycles. The van der Waals surface area contributed by atoms with Gasteiger partial charge in [0.15, 0.2) is 0 Å². The van der Waals surface area contributed by atoms with Crippen molar-refractivity contribution in [3.05, 3.63) is 24.3 Å². The third kappa shape index (κ3) is 6.58. The molecule has 0 spiro atoms. The largest absolute Gasteiger partial charge is 0.385 e. The maximum atomic E-state index is 12.2. The first kappa shape index (κ1) is 18.1. The summed E-state index contributed by atoms with van der Waals surface area (Å²) in [6, 6.07) is 6.46. The molecule has 0 aliphatic carbocycles. The summed E-state index contributed by atoms with van der Waals surface area (Å²) < 4.78 is 38.1. The van der Waals surface area contributed by atoms with Crippen LogP contribution in [-0.4, -0.2) is 37.2 Å². The highest BCUT2D eigenvalue weighted by atomic mass is 32.2. The second-order valence-electron chi connectivity index (χ2n) is 5.04. The van der Waals surface area contributed by atoms with E-state index in [0.717, 1.165) is 18.7 Å². The SMILES string of the molecule is CCCNc1ccc(S(=O)(=O)NC(C)CCS(C)=O)cc1. The lowest BCUT2D eigenvalue weighted by molar-refractivity contribution is 0.556. The number of rotatable bonds is 9. The van der Waals surface area contributed by atoms with Gasteiger partial charge in [-0.1, -0.05) is 6.92 Å². The minimum atomic E-state index is -3.52. The first-order chi connectivity index (χ1) is 9.85. The Balaban J connectivity index is 2.67. The summed E-state index contributed by atoms with van der Waals surface area (Å²) in [5, 5.41) is 3.20. The van der Waals surface area contributed by atoms with Gasteiger partial charge in [0.2, 0.25) is 10.0 Å². The van der Waals surface area contributed by atoms with E-state index in [1.807, 2.05) is 0 Å². The summed E-state index contributed by atoms with van der Waals surface area (Å²) in [4.78, 5) is 0.244. The van der Waals surface area contributed by atoms with Gasteiger partial charge in [-0.2, -0.15) is 0 Å². The predicted octanol–water partition coefficient (Wildman–Crippen LogP) is 1.94. The third-order valence-corrected chi connectivity index (χ3v) is 5.35. The molecule has 120 valence electrons. The fourth-order valence-corrected chi connectivity index (χ4v) is 3.72. The number of hydrogen-bond donors (Lipinski definition) is 2. The molecule has 0 aliphatic rings. The first-order valence-corrected chi connectivity index (χ1v) is 10.2. The molecule has 0 saturated carbocycles. The number of nitrogens with one attached hydrogen (secondary N) is 2. The molecule has 2 atom stereocenters. The van der Waals surface area contributed by atoms with Crippen molar-refractivity contribution in [3.8, 4) is 0 Å². The zero-order valence-electron chi connectivity index (χ0n) is 12.8. The molecule has 5 nitrogen and oxygen atoms in total. The summed E-state index contributed by atoms with van der Waals surface area (Å²) in [6.45, 7) is 4.71. The van der Waals surface area contributed by atoms with Gasteiger partial charge in [0, 0.05) is 41.1 Å². The van der Waals surface area contributed by atoms with Crippen molar-refractivity contribution in [2.75, 3.05) is 23.9 Å². The average molecular weight is 332 g/mol. The summed E-state index contributed by atoms with van der Waals surface area (Å²) in [5.74, 6) is 0.490. The van der Waals surface area contributed by atoms with Crippen molar-refractivity contribution in [2.45, 2.75) is 37.6 Å². The maximum absolute atomic E-state index is 12.2. The van der Waals surface area contributed by atoms with Crippen LogP contribution in [0.25, 0.3) is 0 Å². The summed E-state index contributed by atoms with van der Waals surface area (Å²) in [7, 11) is -4.43. The van der Waals surface area contributed by atoms with Crippen molar-refractivity contribution in [1.29, 1.82) is 0 Å². The Morgan fingerprint density at radius 3 is 2.38 bits per heavy atom. The molecule has 1 aromatic carbocycles. The number of hydrogen-bond acceptors (Lipinski definition) is 4. The first-order valence-electron chi connectivity index (χ1n) is 7.01. The van der Waals surface area contributed by atoms with E-state index >= 15 is 0 Å². The molecule has 0 bridgehead atoms. The topological polar surface area (TPSA) is 75.3 Å². The van der Waals surface area contributed by atoms with Gasteiger partial charge >= 0.3 is 0 Å². The van der Waals surface area contributed by atoms with E-state index in [9.17, 15) is 12.6 Å². The molecule has 0 fully saturated rings. The highest BCUT2D eigenvalue weighted by Crippen LogP contribution is 2.14. The van der Waals surface area contributed by atoms with E-state index in [1.165, 1.54) is 0 Å². The molecule has 21 heavy (non-hydrogen) atoms. The van der Waals surface area contributed by atoms with Crippen molar-refractivity contribution in [2.24, 2.45) is 0 Å². The molecule has 0 aromatic heterocycles. The maximum Gasteiger partial charge on any atom is 0.240 e. The van der Waals surface area contributed by atoms with Gasteiger partial charge in [-0.05, 0) is 44.0 Å². The Morgan fingerprint density at radius 1 is 1.24 bits per heavy atom. The molecule has 7 heteroatoms. The monoisotopic (exact) mass is 332 g/mol. The second kappa shape index (κ2) is 8.51. The molecule has 0 amide bonds. The zero-order valence-corrected chi connectivity index (χ0v) is 14.4. The highest BCUT2D eigenvalue weighted by molar-refractivity contribution is 7.89. The van der Waals surface area contributed by atoms with Crippen LogP contribution < -0.4 is 10.0 Å². The molecule has 2 unspecified atom stereocenters. The molecular weight excluding hydrogens is 308 g/mol. The molecule has 0 saturated heterocycles. The van der Waals surface area contributed by atoms with Crippen LogP contribution in [0.3, 0.4) is 0 Å². The Labute approximate surface area is 130 Å². The van der Waals surface area contributed by atoms with Crippen LogP contribution in [0.5, 0.6) is 0 Å². The van der Waals surface area contributed by atoms with E-state index < -0.39 is 20.8 Å². The highest BCUT2D eigenvalue weighted by Gasteiger charge is 2.17. The van der Waals surface area contributed by atoms with E-state index in [2.05, 4.69) is 17.0 Å². The van der Waals surface area contributed by atoms with Gasteiger partial charge in [0.1, 0.15) is 0 Å². The third-order valence-electron chi connectivity index (χ3n) is 2.94. The fourth-order valence-electron chi connectivity index (χ4n) is 1.76. The number of anilines is 1. The van der Waals surface area contributed by atoms with Gasteiger partial charge in [-0.15, -0.1) is 0 Å². The molecule has 1 rings (SSSR count). The summed E-state index contributed by atoms with van der Waals surface area (Å²) in [5.41, 5.74) is 0.908. The fraction of sp³-hybridized carbons (Fsp3) is 0.571. The molecule has 1 aromatic rings. The van der Waals surface area contributed by atoms with Gasteiger partial charge in [-0.25, -0.2) is 13.1 Å². The molecule has 0 heterocycles. The van der Waals surface area contributed by atoms with E-state index in [0.29, 0.717) is 12.2 Å². The van der Waals surface area contributed by atoms with Crippen LogP contribution in [0.2, 0.25) is 0 Å². The van der Waals surface area contributed by atoms with Crippen molar-refractivity contribution < 1.29 is 12.6 Å². The average Bonchev–Trinajstić information content (AvgIpc) is 2.43. The van der Waals surface area contributed by atoms with E-state index in [-0.39, 0.29) is 10.9 Å². The Kier molecular flexibility index (Phi) is 7.34. The molecule has 0 radical (unpaired) electrons. The molecule has 2 N–H and O–H groups in total. The van der Waals surface area contributed by atoms with Gasteiger partial charge in [0.05, 0.1) is 4.90 Å². The Bertz CT molecular complexity index is 556. The molecular formula is C14H24N2O3S2. The standard InChI is InChI=1S/C14H24N2O3S2/c1-4-10-15-13-5-7-14(8-6-13)21(18,19)16-12(2)9-11-20(3)17/h5-8,12,15-16H,4,9-11H2,1-3H3. The van der Waals surface area contributed by atoms with Crippen LogP contribution in [0.15, 0.2) is 29.2 Å². The Morgan fingerprint density at radius 2 is 1.86 bits per heavy atom. The minimum absolute atomic E-state index is 0.239. The van der Waals surface area contributed by atoms with Crippen molar-refractivity contribution in [3.63, 3.8) is 0 Å². The van der Waals surface area contributed by atoms with E-state index in [4.69, 9.17) is 0 Å². The van der Waals surface area contributed by atoms with Crippen LogP contribution in [-0.2, 0) is 20.8 Å². The lowest BCUT2D eigenvalue weighted by Gasteiger charge is -2.14. The van der Waals surface area contributed by atoms with Gasteiger partial charge in [0.25, 0.3) is 0 Å². The Hall–Kier alpha value is -0.920. The minimum Gasteiger partial charge on any atom is -0.385 e. The summed E-state index contributed by atoms with van der Waals surface area (Å²) >= 11 is 0. The summed E-state index contributed by atoms with van der Waals surface area (Å²) in [6.07, 6.45) is 3.18. The van der Waals surface area contributed by atoms with Crippen molar-refractivity contribution in [1.82, 2.24) is 4.72 Å². The van der Waals surface area contributed by atoms with Crippen LogP contribution >= 0.6 is 0 Å². The van der Waals surface area contributed by atoms with Crippen LogP contribution in [0.1, 0.15) is 26.7 Å². The van der Waals surface area contributed by atoms with Gasteiger partial charge < -0.3 is 5.32 Å². The number of benzene rings is 1. The number of sulfonamides is 1. The lowest BCUT2D eigenvalue weighted by atomic mass is 10.3. The quantitative estimate of drug-likeness (QED) is 0.725. The van der Waals surface area contributed by atoms with Crippen LogP contribution in [0.4, 0.5) is 5.69 Å². The predicted molar refractivity (Wildman–Crippen MR) is 88.6 cm³/mol. The van der Waals surface area contributed by atoms with Gasteiger partial charge in [-0.3, -0.25) is 4.21 Å².